The molecule has 3 atom stereocenters. The number of aliphatic hydroxyl groups excluding tert-OH is 1. The zero-order valence-corrected chi connectivity index (χ0v) is 25.4. The lowest BCUT2D eigenvalue weighted by Gasteiger charge is -2.39. The van der Waals surface area contributed by atoms with Crippen molar-refractivity contribution >= 4 is 28.9 Å². The number of rotatable bonds is 11. The number of hydrogen-bond donors (Lipinski definition) is 2. The highest BCUT2D eigenvalue weighted by Gasteiger charge is 2.28. The van der Waals surface area contributed by atoms with Crippen molar-refractivity contribution in [1.29, 1.82) is 0 Å². The van der Waals surface area contributed by atoms with E-state index in [1.54, 1.807) is 13.1 Å². The van der Waals surface area contributed by atoms with Crippen LogP contribution in [0.4, 0.5) is 5.69 Å². The maximum absolute atomic E-state index is 11.1. The van der Waals surface area contributed by atoms with Crippen LogP contribution < -0.4 is 4.90 Å². The molecule has 2 aliphatic heterocycles. The molecule has 1 aromatic carbocycles. The molecule has 2 N–H and O–H groups in total. The zero-order valence-electron chi connectivity index (χ0n) is 25.4. The van der Waals surface area contributed by atoms with E-state index in [-0.39, 0.29) is 18.3 Å². The van der Waals surface area contributed by atoms with E-state index in [2.05, 4.69) is 53.2 Å². The largest absolute Gasteiger partial charge is 0.481 e. The predicted molar refractivity (Wildman–Crippen MR) is 174 cm³/mol. The lowest BCUT2D eigenvalue weighted by atomic mass is 9.95. The van der Waals surface area contributed by atoms with Gasteiger partial charge in [-0.3, -0.25) is 14.7 Å². The number of nitrogens with zero attached hydrogens (tertiary/aromatic N) is 5. The number of allylic oxidation sites excluding steroid dienone is 2. The number of carbonyl (C=O) groups is 1. The van der Waals surface area contributed by atoms with Crippen LogP contribution in [0.2, 0.25) is 0 Å². The minimum atomic E-state index is -0.790. The number of carboxylic acids is 1. The number of para-hydroxylation sites is 1. The van der Waals surface area contributed by atoms with Crippen molar-refractivity contribution in [1.82, 2.24) is 4.90 Å². The molecule has 3 unspecified atom stereocenters. The smallest absolute Gasteiger partial charge is 0.303 e. The summed E-state index contributed by atoms with van der Waals surface area (Å²) in [5.41, 5.74) is 3.52. The lowest BCUT2D eigenvalue weighted by Crippen LogP contribution is -2.52. The Morgan fingerprint density at radius 2 is 1.68 bits per heavy atom. The van der Waals surface area contributed by atoms with Gasteiger partial charge in [0.15, 0.2) is 5.84 Å². The average molecular weight is 564 g/mol. The molecule has 2 aliphatic rings. The fraction of sp³-hybridized carbons (Fsp3) is 0.455. The van der Waals surface area contributed by atoms with Gasteiger partial charge in [0.05, 0.1) is 11.4 Å². The van der Waals surface area contributed by atoms with Crippen molar-refractivity contribution in [2.75, 3.05) is 38.1 Å². The van der Waals surface area contributed by atoms with Gasteiger partial charge in [-0.2, -0.15) is 0 Å². The highest BCUT2D eigenvalue weighted by Crippen LogP contribution is 2.23. The molecule has 0 spiro atoms. The SMILES string of the molecule is C=C.C=CC.C=CC(C)C1=NC(=NC)/C(=C\C(C)C(O)N2CCN(c3ccccc3)CC2)N=C1CCCCC(=O)O. The van der Waals surface area contributed by atoms with Crippen LogP contribution in [0.25, 0.3) is 0 Å². The molecule has 3 rings (SSSR count). The van der Waals surface area contributed by atoms with Crippen LogP contribution >= 0.6 is 0 Å². The van der Waals surface area contributed by atoms with Crippen LogP contribution in [0.1, 0.15) is 46.5 Å². The Labute approximate surface area is 246 Å². The first-order chi connectivity index (χ1) is 19.7. The van der Waals surface area contributed by atoms with Crippen LogP contribution in [-0.4, -0.2) is 77.8 Å². The van der Waals surface area contributed by atoms with Crippen molar-refractivity contribution in [3.63, 3.8) is 0 Å². The molecule has 1 aromatic rings. The number of amidine groups is 1. The summed E-state index contributed by atoms with van der Waals surface area (Å²) in [4.78, 5) is 29.4. The third-order valence-electron chi connectivity index (χ3n) is 6.76. The van der Waals surface area contributed by atoms with Gasteiger partial charge in [-0.15, -0.1) is 26.3 Å². The molecule has 2 heterocycles. The Kier molecular flexibility index (Phi) is 16.8. The van der Waals surface area contributed by atoms with E-state index in [4.69, 9.17) is 15.1 Å². The van der Waals surface area contributed by atoms with Gasteiger partial charge in [0.2, 0.25) is 0 Å². The van der Waals surface area contributed by atoms with Crippen LogP contribution in [0.15, 0.2) is 95.5 Å². The third-order valence-corrected chi connectivity index (χ3v) is 6.76. The molecule has 41 heavy (non-hydrogen) atoms. The van der Waals surface area contributed by atoms with Gasteiger partial charge in [0, 0.05) is 57.2 Å². The van der Waals surface area contributed by atoms with Crippen molar-refractivity contribution in [2.45, 2.75) is 52.7 Å². The number of anilines is 1. The Hall–Kier alpha value is -3.62. The second-order valence-electron chi connectivity index (χ2n) is 9.82. The highest BCUT2D eigenvalue weighted by atomic mass is 16.4. The number of aliphatic imine (C=N–C) groups is 3. The Bertz CT molecular complexity index is 1090. The van der Waals surface area contributed by atoms with Crippen molar-refractivity contribution in [3.05, 3.63) is 80.6 Å². The molecular weight excluding hydrogens is 514 g/mol. The van der Waals surface area contributed by atoms with Crippen LogP contribution in [0.5, 0.6) is 0 Å². The number of hydrogen-bond acceptors (Lipinski definition) is 6. The van der Waals surface area contributed by atoms with E-state index in [9.17, 15) is 9.90 Å². The molecule has 224 valence electrons. The average Bonchev–Trinajstić information content (AvgIpc) is 3.00. The quantitative estimate of drug-likeness (QED) is 0.253. The topological polar surface area (TPSA) is 101 Å². The molecule has 1 fully saturated rings. The zero-order chi connectivity index (χ0) is 30.8. The van der Waals surface area contributed by atoms with E-state index in [0.29, 0.717) is 30.8 Å². The fourth-order valence-electron chi connectivity index (χ4n) is 4.54. The number of carboxylic acid groups (broad SMARTS) is 1. The number of piperazine rings is 1. The van der Waals surface area contributed by atoms with Crippen molar-refractivity contribution < 1.29 is 15.0 Å². The molecule has 0 bridgehead atoms. The first-order valence-electron chi connectivity index (χ1n) is 14.2. The van der Waals surface area contributed by atoms with Gasteiger partial charge < -0.3 is 15.1 Å². The molecule has 0 saturated carbocycles. The van der Waals surface area contributed by atoms with Gasteiger partial charge >= 0.3 is 5.97 Å². The summed E-state index contributed by atoms with van der Waals surface area (Å²) in [6.45, 7) is 22.4. The summed E-state index contributed by atoms with van der Waals surface area (Å²) in [7, 11) is 1.69. The second kappa shape index (κ2) is 19.5. The summed E-state index contributed by atoms with van der Waals surface area (Å²) in [5.74, 6) is -0.417. The molecule has 0 aromatic heterocycles. The highest BCUT2D eigenvalue weighted by molar-refractivity contribution is 6.47. The lowest BCUT2D eigenvalue weighted by molar-refractivity contribution is -0.137. The molecule has 0 amide bonds. The normalized spacial score (nSPS) is 19.4. The van der Waals surface area contributed by atoms with Gasteiger partial charge in [0.1, 0.15) is 11.9 Å². The first kappa shape index (κ1) is 35.4. The summed E-state index contributed by atoms with van der Waals surface area (Å²) in [6.07, 6.45) is 6.96. The van der Waals surface area contributed by atoms with Gasteiger partial charge in [-0.05, 0) is 44.4 Å². The number of unbranched alkanes of at least 4 members (excludes halogenated alkanes) is 1. The van der Waals surface area contributed by atoms with E-state index in [1.807, 2.05) is 51.1 Å². The number of aliphatic carboxylic acids is 1. The van der Waals surface area contributed by atoms with E-state index >= 15 is 0 Å². The third kappa shape index (κ3) is 11.4. The fourth-order valence-corrected chi connectivity index (χ4v) is 4.54. The maximum atomic E-state index is 11.1. The van der Waals surface area contributed by atoms with E-state index in [1.165, 1.54) is 5.69 Å². The summed E-state index contributed by atoms with van der Waals surface area (Å²) < 4.78 is 0. The predicted octanol–water partition coefficient (Wildman–Crippen LogP) is 6.03. The minimum absolute atomic E-state index is 0.00504. The van der Waals surface area contributed by atoms with Crippen molar-refractivity contribution in [2.24, 2.45) is 26.8 Å². The molecule has 8 nitrogen and oxygen atoms in total. The van der Waals surface area contributed by atoms with Gasteiger partial charge in [0.25, 0.3) is 0 Å². The number of benzene rings is 1. The Balaban J connectivity index is 0.00000157. The van der Waals surface area contributed by atoms with Gasteiger partial charge in [-0.25, -0.2) is 9.98 Å². The Morgan fingerprint density at radius 1 is 1.07 bits per heavy atom. The van der Waals surface area contributed by atoms with Crippen LogP contribution in [0.3, 0.4) is 0 Å². The molecule has 0 radical (unpaired) electrons. The molecular formula is C33H49N5O3. The summed E-state index contributed by atoms with van der Waals surface area (Å²) >= 11 is 0. The standard InChI is InChI=1S/C28H39N5O3.C3H6.C2H4/c1-5-20(2)26-23(13-9-10-14-25(34)35)30-24(27(29-4)31-26)19-21(3)28(36)33-17-15-32(16-18-33)22-11-7-6-8-12-22;1-3-2;1-2/h5-8,11-12,19-21,28,36H,1,9-10,13-18H2,2-4H3,(H,34,35);3H,1H2,2H3;1-2H2/b24-19+,29-27?;;. The van der Waals surface area contributed by atoms with Crippen molar-refractivity contribution in [3.8, 4) is 0 Å². The first-order valence-corrected chi connectivity index (χ1v) is 14.2. The van der Waals surface area contributed by atoms with Crippen LogP contribution in [-0.2, 0) is 4.79 Å². The molecule has 0 aliphatic carbocycles. The minimum Gasteiger partial charge on any atom is -0.481 e. The monoisotopic (exact) mass is 563 g/mol. The number of aliphatic hydroxyl groups is 1. The van der Waals surface area contributed by atoms with E-state index in [0.717, 1.165) is 37.6 Å². The summed E-state index contributed by atoms with van der Waals surface area (Å²) in [5, 5.41) is 20.1. The van der Waals surface area contributed by atoms with Crippen LogP contribution in [0, 0.1) is 11.8 Å². The van der Waals surface area contributed by atoms with Gasteiger partial charge in [-0.1, -0.05) is 44.2 Å². The maximum Gasteiger partial charge on any atom is 0.303 e. The Morgan fingerprint density at radius 3 is 2.22 bits per heavy atom. The second-order valence-corrected chi connectivity index (χ2v) is 9.82. The van der Waals surface area contributed by atoms with E-state index < -0.39 is 12.2 Å². The molecule has 1 saturated heterocycles. The summed E-state index contributed by atoms with van der Waals surface area (Å²) in [6, 6.07) is 10.4. The molecule has 8 heteroatoms.